The molecule has 3 rings (SSSR count). The number of halogens is 3. The maximum atomic E-state index is 13.2. The molecular weight excluding hydrogens is 332 g/mol. The van der Waals surface area contributed by atoms with Gasteiger partial charge < -0.3 is 9.68 Å². The predicted octanol–water partition coefficient (Wildman–Crippen LogP) is 2.70. The quantitative estimate of drug-likeness (QED) is 0.685. The van der Waals surface area contributed by atoms with Gasteiger partial charge in [-0.3, -0.25) is 4.79 Å². The Morgan fingerprint density at radius 1 is 1.24 bits per heavy atom. The second-order valence-corrected chi connectivity index (χ2v) is 6.15. The van der Waals surface area contributed by atoms with Crippen LogP contribution in [0.3, 0.4) is 0 Å². The van der Waals surface area contributed by atoms with Crippen LogP contribution in [-0.4, -0.2) is 24.5 Å². The molecule has 0 amide bonds. The van der Waals surface area contributed by atoms with Crippen LogP contribution in [0.1, 0.15) is 32.6 Å². The van der Waals surface area contributed by atoms with Crippen LogP contribution in [0, 0.1) is 6.92 Å². The van der Waals surface area contributed by atoms with Crippen molar-refractivity contribution in [3.63, 3.8) is 0 Å². The van der Waals surface area contributed by atoms with E-state index in [0.717, 1.165) is 11.6 Å². The molecule has 3 nitrogen and oxygen atoms in total. The van der Waals surface area contributed by atoms with E-state index < -0.39 is 24.6 Å². The highest BCUT2D eigenvalue weighted by Crippen LogP contribution is 2.33. The van der Waals surface area contributed by atoms with Gasteiger partial charge in [-0.15, -0.1) is 0 Å². The third-order valence-corrected chi connectivity index (χ3v) is 4.27. The fourth-order valence-electron chi connectivity index (χ4n) is 3.00. The first kappa shape index (κ1) is 17.7. The standard InChI is InChI=1S/C18H16BF3O3/c1-11-2-5-14(15(8-11)18(20,21)22)17(23)10-12-3-4-13-6-7-25-19(24)16(13)9-12/h2-5,8-9,24H,6-7,10H2,1H3. The molecule has 0 unspecified atom stereocenters. The SMILES string of the molecule is Cc1ccc(C(=O)Cc2ccc3c(c2)B(O)OCC3)c(C(F)(F)F)c1. The fourth-order valence-corrected chi connectivity index (χ4v) is 3.00. The Labute approximate surface area is 143 Å². The van der Waals surface area contributed by atoms with Crippen molar-refractivity contribution in [2.24, 2.45) is 0 Å². The summed E-state index contributed by atoms with van der Waals surface area (Å²) >= 11 is 0. The zero-order chi connectivity index (χ0) is 18.2. The van der Waals surface area contributed by atoms with Crippen LogP contribution in [0.5, 0.6) is 0 Å². The van der Waals surface area contributed by atoms with Crippen LogP contribution >= 0.6 is 0 Å². The highest BCUT2D eigenvalue weighted by atomic mass is 19.4. The topological polar surface area (TPSA) is 46.5 Å². The van der Waals surface area contributed by atoms with Gasteiger partial charge in [0, 0.05) is 18.6 Å². The van der Waals surface area contributed by atoms with Crippen LogP contribution in [-0.2, 0) is 23.7 Å². The number of alkyl halides is 3. The first-order chi connectivity index (χ1) is 11.8. The predicted molar refractivity (Wildman–Crippen MR) is 87.9 cm³/mol. The van der Waals surface area contributed by atoms with Crippen molar-refractivity contribution in [1.29, 1.82) is 0 Å². The number of carbonyl (C=O) groups excluding carboxylic acids is 1. The average Bonchev–Trinajstić information content (AvgIpc) is 2.54. The van der Waals surface area contributed by atoms with Crippen LogP contribution in [0.15, 0.2) is 36.4 Å². The van der Waals surface area contributed by atoms with Crippen molar-refractivity contribution in [2.45, 2.75) is 25.9 Å². The van der Waals surface area contributed by atoms with E-state index in [0.29, 0.717) is 29.6 Å². The van der Waals surface area contributed by atoms with Gasteiger partial charge in [0.1, 0.15) is 0 Å². The molecule has 1 aliphatic heterocycles. The van der Waals surface area contributed by atoms with Crippen LogP contribution in [0.2, 0.25) is 0 Å². The Bertz CT molecular complexity index is 818. The van der Waals surface area contributed by atoms with Crippen LogP contribution in [0.4, 0.5) is 13.2 Å². The molecule has 0 saturated heterocycles. The molecule has 0 bridgehead atoms. The molecule has 2 aromatic carbocycles. The molecule has 7 heteroatoms. The second-order valence-electron chi connectivity index (χ2n) is 6.15. The molecule has 0 aliphatic carbocycles. The Morgan fingerprint density at radius 2 is 2.00 bits per heavy atom. The van der Waals surface area contributed by atoms with Gasteiger partial charge >= 0.3 is 13.3 Å². The lowest BCUT2D eigenvalue weighted by molar-refractivity contribution is -0.137. The summed E-state index contributed by atoms with van der Waals surface area (Å²) in [4.78, 5) is 12.4. The Morgan fingerprint density at radius 3 is 2.72 bits per heavy atom. The summed E-state index contributed by atoms with van der Waals surface area (Å²) in [6, 6.07) is 8.81. The maximum Gasteiger partial charge on any atom is 0.491 e. The molecular formula is C18H16BF3O3. The van der Waals surface area contributed by atoms with E-state index in [1.807, 2.05) is 0 Å². The number of benzene rings is 2. The molecule has 0 radical (unpaired) electrons. The molecule has 130 valence electrons. The van der Waals surface area contributed by atoms with Crippen molar-refractivity contribution < 1.29 is 27.6 Å². The Kier molecular flexibility index (Phi) is 4.71. The highest BCUT2D eigenvalue weighted by Gasteiger charge is 2.35. The zero-order valence-corrected chi connectivity index (χ0v) is 13.6. The van der Waals surface area contributed by atoms with Gasteiger partial charge in [-0.25, -0.2) is 0 Å². The maximum absolute atomic E-state index is 13.2. The molecule has 25 heavy (non-hydrogen) atoms. The van der Waals surface area contributed by atoms with E-state index in [1.165, 1.54) is 12.1 Å². The summed E-state index contributed by atoms with van der Waals surface area (Å²) in [5, 5.41) is 9.86. The number of fused-ring (bicyclic) bond motifs is 1. The highest BCUT2D eigenvalue weighted by molar-refractivity contribution is 6.60. The minimum atomic E-state index is -4.59. The van der Waals surface area contributed by atoms with E-state index in [1.54, 1.807) is 25.1 Å². The third-order valence-electron chi connectivity index (χ3n) is 4.27. The second kappa shape index (κ2) is 6.65. The molecule has 1 aliphatic rings. The lowest BCUT2D eigenvalue weighted by Crippen LogP contribution is -2.41. The van der Waals surface area contributed by atoms with Crippen molar-refractivity contribution in [3.05, 3.63) is 64.2 Å². The number of rotatable bonds is 3. The van der Waals surface area contributed by atoms with E-state index in [9.17, 15) is 23.0 Å². The molecule has 1 heterocycles. The van der Waals surface area contributed by atoms with Crippen molar-refractivity contribution in [3.8, 4) is 0 Å². The Balaban J connectivity index is 1.90. The molecule has 0 saturated carbocycles. The summed E-state index contributed by atoms with van der Waals surface area (Å²) in [5.41, 5.74) is 1.21. The molecule has 0 spiro atoms. The number of Topliss-reactive ketones (excluding diaryl/α,β-unsaturated/α-hetero) is 1. The first-order valence-electron chi connectivity index (χ1n) is 7.88. The van der Waals surface area contributed by atoms with Crippen molar-refractivity contribution >= 4 is 18.4 Å². The molecule has 1 N–H and O–H groups in total. The monoisotopic (exact) mass is 348 g/mol. The summed E-state index contributed by atoms with van der Waals surface area (Å²) in [6.07, 6.45) is -4.11. The molecule has 0 atom stereocenters. The van der Waals surface area contributed by atoms with Gasteiger partial charge in [0.25, 0.3) is 0 Å². The normalized spacial score (nSPS) is 14.4. The number of hydrogen-bond acceptors (Lipinski definition) is 3. The van der Waals surface area contributed by atoms with E-state index >= 15 is 0 Å². The van der Waals surface area contributed by atoms with Gasteiger partial charge in [0.15, 0.2) is 5.78 Å². The van der Waals surface area contributed by atoms with Gasteiger partial charge in [-0.1, -0.05) is 35.9 Å². The van der Waals surface area contributed by atoms with Crippen LogP contribution in [0.25, 0.3) is 0 Å². The van der Waals surface area contributed by atoms with Crippen molar-refractivity contribution in [1.82, 2.24) is 0 Å². The molecule has 2 aromatic rings. The average molecular weight is 348 g/mol. The number of aryl methyl sites for hydroxylation is 1. The molecule has 0 aromatic heterocycles. The Hall–Kier alpha value is -2.12. The smallest absolute Gasteiger partial charge is 0.423 e. The number of hydrogen-bond donors (Lipinski definition) is 1. The lowest BCUT2D eigenvalue weighted by atomic mass is 9.72. The molecule has 0 fully saturated rings. The van der Waals surface area contributed by atoms with Gasteiger partial charge in [-0.2, -0.15) is 13.2 Å². The van der Waals surface area contributed by atoms with E-state index in [-0.39, 0.29) is 12.0 Å². The first-order valence-corrected chi connectivity index (χ1v) is 7.88. The summed E-state index contributed by atoms with van der Waals surface area (Å²) in [7, 11) is -1.07. The van der Waals surface area contributed by atoms with E-state index in [4.69, 9.17) is 4.65 Å². The van der Waals surface area contributed by atoms with Gasteiger partial charge in [-0.05, 0) is 36.0 Å². The van der Waals surface area contributed by atoms with Gasteiger partial charge in [0.05, 0.1) is 5.56 Å². The van der Waals surface area contributed by atoms with E-state index in [2.05, 4.69) is 0 Å². The van der Waals surface area contributed by atoms with Gasteiger partial charge in [0.2, 0.25) is 0 Å². The number of carbonyl (C=O) groups is 1. The minimum absolute atomic E-state index is 0.174. The minimum Gasteiger partial charge on any atom is -0.423 e. The summed E-state index contributed by atoms with van der Waals surface area (Å²) in [5.74, 6) is -0.613. The summed E-state index contributed by atoms with van der Waals surface area (Å²) < 4.78 is 44.8. The van der Waals surface area contributed by atoms with Crippen molar-refractivity contribution in [2.75, 3.05) is 6.61 Å². The lowest BCUT2D eigenvalue weighted by Gasteiger charge is -2.19. The largest absolute Gasteiger partial charge is 0.491 e. The number of ketones is 1. The third kappa shape index (κ3) is 3.77. The summed E-state index contributed by atoms with van der Waals surface area (Å²) in [6.45, 7) is 1.96. The fraction of sp³-hybridized carbons (Fsp3) is 0.278. The van der Waals surface area contributed by atoms with Crippen LogP contribution < -0.4 is 5.46 Å². The zero-order valence-electron chi connectivity index (χ0n) is 13.6.